The zero-order chi connectivity index (χ0) is 27.4. The summed E-state index contributed by atoms with van der Waals surface area (Å²) in [4.78, 5) is 13.1. The number of benzene rings is 2. The van der Waals surface area contributed by atoms with Gasteiger partial charge in [-0.15, -0.1) is 0 Å². The lowest BCUT2D eigenvalue weighted by Gasteiger charge is -2.17. The lowest BCUT2D eigenvalue weighted by molar-refractivity contribution is 0.151. The molecule has 0 radical (unpaired) electrons. The summed E-state index contributed by atoms with van der Waals surface area (Å²) >= 11 is 0. The van der Waals surface area contributed by atoms with Gasteiger partial charge in [-0.05, 0) is 85.8 Å². The maximum atomic E-state index is 13.1. The van der Waals surface area contributed by atoms with Crippen LogP contribution in [0.25, 0.3) is 0 Å². The Labute approximate surface area is 233 Å². The van der Waals surface area contributed by atoms with Crippen molar-refractivity contribution in [1.29, 1.82) is 0 Å². The number of unbranched alkanes of at least 4 members (excludes halogenated alkanes) is 10. The molecule has 3 heteroatoms. The van der Waals surface area contributed by atoms with Gasteiger partial charge in [0.1, 0.15) is 11.5 Å². The predicted octanol–water partition coefficient (Wildman–Crippen LogP) is 11.0. The van der Waals surface area contributed by atoms with Crippen LogP contribution < -0.4 is 9.47 Å². The summed E-state index contributed by atoms with van der Waals surface area (Å²) in [6.07, 6.45) is 20.1. The van der Waals surface area contributed by atoms with Crippen molar-refractivity contribution < 1.29 is 14.3 Å². The molecule has 0 amide bonds. The molecule has 38 heavy (non-hydrogen) atoms. The maximum absolute atomic E-state index is 13.1. The van der Waals surface area contributed by atoms with Crippen molar-refractivity contribution in [2.75, 3.05) is 0 Å². The van der Waals surface area contributed by atoms with E-state index in [1.54, 1.807) is 0 Å². The standard InChI is InChI=1S/C35H54O3/c1-5-9-13-17-22-30-24-20-28-34(32(30)26-18-14-10-6-2)38-35(36)37-33-27-19-23-29(21-15-11-7-3)31(33)25-16-12-8-4/h19-20,23-24,27-28H,5-18,21-22,25-26H2,1-4H3. The molecule has 0 saturated carbocycles. The molecule has 0 saturated heterocycles. The van der Waals surface area contributed by atoms with Crippen LogP contribution in [-0.2, 0) is 25.7 Å². The predicted molar refractivity (Wildman–Crippen MR) is 162 cm³/mol. The zero-order valence-corrected chi connectivity index (χ0v) is 24.9. The van der Waals surface area contributed by atoms with E-state index in [0.717, 1.165) is 44.9 Å². The van der Waals surface area contributed by atoms with Gasteiger partial charge >= 0.3 is 6.16 Å². The monoisotopic (exact) mass is 522 g/mol. The SMILES string of the molecule is CCCCCCc1cccc(OC(=O)Oc2cccc(CCCCC)c2CCCCC)c1CCCCCC. The Bertz CT molecular complexity index is 917. The molecule has 0 heterocycles. The molecule has 0 unspecified atom stereocenters. The Balaban J connectivity index is 2.20. The molecule has 2 aromatic rings. The van der Waals surface area contributed by atoms with Crippen molar-refractivity contribution in [2.24, 2.45) is 0 Å². The van der Waals surface area contributed by atoms with Gasteiger partial charge in [-0.25, -0.2) is 4.79 Å². The second-order valence-corrected chi connectivity index (χ2v) is 10.8. The van der Waals surface area contributed by atoms with Crippen molar-refractivity contribution in [2.45, 2.75) is 143 Å². The van der Waals surface area contributed by atoms with Gasteiger partial charge < -0.3 is 9.47 Å². The highest BCUT2D eigenvalue weighted by atomic mass is 16.7. The van der Waals surface area contributed by atoms with E-state index in [1.807, 2.05) is 24.3 Å². The minimum absolute atomic E-state index is 0.620. The third kappa shape index (κ3) is 11.6. The first-order valence-electron chi connectivity index (χ1n) is 15.8. The van der Waals surface area contributed by atoms with E-state index in [2.05, 4.69) is 39.8 Å². The molecule has 0 aliphatic rings. The van der Waals surface area contributed by atoms with Crippen molar-refractivity contribution >= 4 is 6.16 Å². The van der Waals surface area contributed by atoms with Gasteiger partial charge in [0, 0.05) is 0 Å². The van der Waals surface area contributed by atoms with Crippen LogP contribution in [0.2, 0.25) is 0 Å². The van der Waals surface area contributed by atoms with Gasteiger partial charge in [0.2, 0.25) is 0 Å². The van der Waals surface area contributed by atoms with Crippen molar-refractivity contribution in [3.8, 4) is 11.5 Å². The smallest absolute Gasteiger partial charge is 0.394 e. The minimum atomic E-state index is -0.620. The van der Waals surface area contributed by atoms with Crippen LogP contribution in [0.4, 0.5) is 4.79 Å². The highest BCUT2D eigenvalue weighted by Crippen LogP contribution is 2.30. The summed E-state index contributed by atoms with van der Waals surface area (Å²) in [5.41, 5.74) is 5.00. The van der Waals surface area contributed by atoms with E-state index in [4.69, 9.17) is 9.47 Å². The average molecular weight is 523 g/mol. The summed E-state index contributed by atoms with van der Waals surface area (Å²) in [5, 5.41) is 0. The molecule has 2 aromatic carbocycles. The first-order chi connectivity index (χ1) is 18.6. The van der Waals surface area contributed by atoms with Gasteiger partial charge in [0.25, 0.3) is 0 Å². The zero-order valence-electron chi connectivity index (χ0n) is 24.9. The molecular formula is C35H54O3. The highest BCUT2D eigenvalue weighted by molar-refractivity contribution is 5.69. The number of carbonyl (C=O) groups excluding carboxylic acids is 1. The molecular weight excluding hydrogens is 468 g/mol. The Morgan fingerprint density at radius 1 is 0.500 bits per heavy atom. The third-order valence-corrected chi connectivity index (χ3v) is 7.51. The average Bonchev–Trinajstić information content (AvgIpc) is 2.91. The minimum Gasteiger partial charge on any atom is -0.394 e. The maximum Gasteiger partial charge on any atom is 0.519 e. The first kappa shape index (κ1) is 31.9. The number of ether oxygens (including phenoxy) is 2. The molecule has 2 rings (SSSR count). The summed E-state index contributed by atoms with van der Waals surface area (Å²) in [6, 6.07) is 12.3. The Hall–Kier alpha value is -2.29. The van der Waals surface area contributed by atoms with Crippen LogP contribution >= 0.6 is 0 Å². The van der Waals surface area contributed by atoms with Gasteiger partial charge in [0.05, 0.1) is 0 Å². The van der Waals surface area contributed by atoms with Gasteiger partial charge in [-0.2, -0.15) is 0 Å². The van der Waals surface area contributed by atoms with Crippen LogP contribution in [-0.4, -0.2) is 6.16 Å². The van der Waals surface area contributed by atoms with Crippen LogP contribution in [0, 0.1) is 0 Å². The summed E-state index contributed by atoms with van der Waals surface area (Å²) in [7, 11) is 0. The second-order valence-electron chi connectivity index (χ2n) is 10.8. The molecule has 0 spiro atoms. The van der Waals surface area contributed by atoms with Crippen LogP contribution in [0.3, 0.4) is 0 Å². The molecule has 0 fully saturated rings. The van der Waals surface area contributed by atoms with Crippen molar-refractivity contribution in [3.63, 3.8) is 0 Å². The third-order valence-electron chi connectivity index (χ3n) is 7.51. The van der Waals surface area contributed by atoms with Gasteiger partial charge in [0.15, 0.2) is 0 Å². The summed E-state index contributed by atoms with van der Waals surface area (Å²) in [6.45, 7) is 8.94. The lowest BCUT2D eigenvalue weighted by atomic mass is 9.96. The quantitative estimate of drug-likeness (QED) is 0.0985. The van der Waals surface area contributed by atoms with E-state index in [-0.39, 0.29) is 0 Å². The van der Waals surface area contributed by atoms with E-state index in [9.17, 15) is 4.79 Å². The Morgan fingerprint density at radius 3 is 1.32 bits per heavy atom. The van der Waals surface area contributed by atoms with Crippen LogP contribution in [0.15, 0.2) is 36.4 Å². The Kier molecular flexibility index (Phi) is 16.6. The molecule has 0 bridgehead atoms. The Morgan fingerprint density at radius 2 is 0.868 bits per heavy atom. The fourth-order valence-corrected chi connectivity index (χ4v) is 5.24. The summed E-state index contributed by atoms with van der Waals surface area (Å²) in [5.74, 6) is 1.34. The number of carbonyl (C=O) groups is 1. The molecule has 0 aromatic heterocycles. The van der Waals surface area contributed by atoms with E-state index in [1.165, 1.54) is 92.9 Å². The number of hydrogen-bond acceptors (Lipinski definition) is 3. The van der Waals surface area contributed by atoms with E-state index >= 15 is 0 Å². The topological polar surface area (TPSA) is 35.5 Å². The molecule has 0 aliphatic heterocycles. The van der Waals surface area contributed by atoms with Crippen molar-refractivity contribution in [1.82, 2.24) is 0 Å². The van der Waals surface area contributed by atoms with Crippen LogP contribution in [0.5, 0.6) is 11.5 Å². The normalized spacial score (nSPS) is 11.1. The molecule has 3 nitrogen and oxygen atoms in total. The number of rotatable bonds is 20. The molecule has 0 atom stereocenters. The van der Waals surface area contributed by atoms with E-state index in [0.29, 0.717) is 11.5 Å². The van der Waals surface area contributed by atoms with Gasteiger partial charge in [-0.1, -0.05) is 116 Å². The fourth-order valence-electron chi connectivity index (χ4n) is 5.24. The molecule has 212 valence electrons. The van der Waals surface area contributed by atoms with Crippen molar-refractivity contribution in [3.05, 3.63) is 58.7 Å². The van der Waals surface area contributed by atoms with E-state index < -0.39 is 6.16 Å². The summed E-state index contributed by atoms with van der Waals surface area (Å²) < 4.78 is 11.8. The number of aryl methyl sites for hydroxylation is 2. The molecule has 0 aliphatic carbocycles. The number of hydrogen-bond donors (Lipinski definition) is 0. The second kappa shape index (κ2) is 19.7. The van der Waals surface area contributed by atoms with Crippen LogP contribution in [0.1, 0.15) is 140 Å². The highest BCUT2D eigenvalue weighted by Gasteiger charge is 2.17. The lowest BCUT2D eigenvalue weighted by Crippen LogP contribution is -2.17. The largest absolute Gasteiger partial charge is 0.519 e. The fraction of sp³-hybridized carbons (Fsp3) is 0.629. The molecule has 0 N–H and O–H groups in total. The first-order valence-corrected chi connectivity index (χ1v) is 15.8. The van der Waals surface area contributed by atoms with Gasteiger partial charge in [-0.3, -0.25) is 0 Å².